The van der Waals surface area contributed by atoms with E-state index in [2.05, 4.69) is 42.5 Å². The third kappa shape index (κ3) is 1.35. The molecule has 0 aliphatic carbocycles. The van der Waals surface area contributed by atoms with Crippen LogP contribution in [0.15, 0.2) is 12.4 Å². The average Bonchev–Trinajstić information content (AvgIpc) is 2.12. The van der Waals surface area contributed by atoms with E-state index >= 15 is 0 Å². The Bertz CT molecular complexity index is 186. The third-order valence-electron chi connectivity index (χ3n) is 1.64. The normalized spacial score (nSPS) is 9.10. The van der Waals surface area contributed by atoms with Gasteiger partial charge in [-0.3, -0.25) is 0 Å². The Balaban J connectivity index is 0.000000810. The summed E-state index contributed by atoms with van der Waals surface area (Å²) in [5.74, 6) is 1.36. The number of hydrogen-bond acceptors (Lipinski definition) is 0. The van der Waals surface area contributed by atoms with Gasteiger partial charge in [0.1, 0.15) is 12.4 Å². The van der Waals surface area contributed by atoms with Crippen LogP contribution in [0.25, 0.3) is 0 Å². The second-order valence-electron chi connectivity index (χ2n) is 2.29. The predicted molar refractivity (Wildman–Crippen MR) is 36.0 cm³/mol. The van der Waals surface area contributed by atoms with Crippen LogP contribution in [0.2, 0.25) is 0 Å². The molecule has 1 aromatic heterocycles. The molecule has 0 spiro atoms. The number of hydrogen-bond donors (Lipinski definition) is 0. The summed E-state index contributed by atoms with van der Waals surface area (Å²) in [6, 6.07) is 0. The molecule has 0 amide bonds. The number of imidazole rings is 1. The largest absolute Gasteiger partial charge is 1.00 e. The van der Waals surface area contributed by atoms with Crippen molar-refractivity contribution in [1.29, 1.82) is 0 Å². The summed E-state index contributed by atoms with van der Waals surface area (Å²) < 4.78 is 4.28. The van der Waals surface area contributed by atoms with E-state index in [1.807, 2.05) is 0 Å². The van der Waals surface area contributed by atoms with Gasteiger partial charge in [-0.15, -0.1) is 0 Å². The Morgan fingerprint density at radius 1 is 1.60 bits per heavy atom. The standard InChI is InChI=1S/C7H13N2.FH/c1-4-7-8(2)5-6-9(7)3;/h5-6H,4H2,1-3H3;1H/q+1;/p-1. The van der Waals surface area contributed by atoms with E-state index in [4.69, 9.17) is 0 Å². The highest BCUT2D eigenvalue weighted by Gasteiger charge is 2.05. The minimum atomic E-state index is 0. The molecule has 1 rings (SSSR count). The maximum atomic E-state index is 2.16. The maximum absolute atomic E-state index is 2.16. The number of aryl methyl sites for hydroxylation is 2. The molecule has 0 saturated carbocycles. The zero-order valence-electron chi connectivity index (χ0n) is 6.63. The Hall–Kier alpha value is -0.860. The molecule has 0 fully saturated rings. The van der Waals surface area contributed by atoms with Crippen LogP contribution in [0.5, 0.6) is 0 Å². The molecule has 0 aromatic carbocycles. The number of rotatable bonds is 1. The highest BCUT2D eigenvalue weighted by atomic mass is 19.0. The molecule has 0 radical (unpaired) electrons. The summed E-state index contributed by atoms with van der Waals surface area (Å²) in [4.78, 5) is 0. The summed E-state index contributed by atoms with van der Waals surface area (Å²) in [5.41, 5.74) is 0. The van der Waals surface area contributed by atoms with Crippen LogP contribution in [0.3, 0.4) is 0 Å². The monoisotopic (exact) mass is 144 g/mol. The molecule has 0 atom stereocenters. The van der Waals surface area contributed by atoms with E-state index in [0.29, 0.717) is 0 Å². The predicted octanol–water partition coefficient (Wildman–Crippen LogP) is -2.58. The van der Waals surface area contributed by atoms with Crippen LogP contribution < -0.4 is 9.27 Å². The third-order valence-corrected chi connectivity index (χ3v) is 1.64. The first-order valence-corrected chi connectivity index (χ1v) is 3.25. The average molecular weight is 144 g/mol. The molecule has 0 saturated heterocycles. The molecular weight excluding hydrogens is 131 g/mol. The molecule has 58 valence electrons. The first kappa shape index (κ1) is 9.14. The summed E-state index contributed by atoms with van der Waals surface area (Å²) >= 11 is 0. The summed E-state index contributed by atoms with van der Waals surface area (Å²) in [7, 11) is 4.14. The lowest BCUT2D eigenvalue weighted by Crippen LogP contribution is -3.00. The van der Waals surface area contributed by atoms with Crippen molar-refractivity contribution in [2.24, 2.45) is 14.1 Å². The fourth-order valence-corrected chi connectivity index (χ4v) is 1.12. The zero-order chi connectivity index (χ0) is 6.85. The van der Waals surface area contributed by atoms with Gasteiger partial charge < -0.3 is 4.70 Å². The van der Waals surface area contributed by atoms with Crippen LogP contribution in [0.4, 0.5) is 0 Å². The molecule has 1 aromatic rings. The lowest BCUT2D eigenvalue weighted by Gasteiger charge is -1.90. The molecule has 0 N–H and O–H groups in total. The summed E-state index contributed by atoms with van der Waals surface area (Å²) in [6.07, 6.45) is 5.23. The smallest absolute Gasteiger partial charge is 0.255 e. The second-order valence-corrected chi connectivity index (χ2v) is 2.29. The van der Waals surface area contributed by atoms with Crippen molar-refractivity contribution in [3.05, 3.63) is 18.2 Å². The minimum absolute atomic E-state index is 0. The van der Waals surface area contributed by atoms with Crippen LogP contribution in [-0.4, -0.2) is 4.57 Å². The van der Waals surface area contributed by atoms with E-state index in [0.717, 1.165) is 6.42 Å². The van der Waals surface area contributed by atoms with Crippen molar-refractivity contribution in [3.8, 4) is 0 Å². The first-order valence-electron chi connectivity index (χ1n) is 3.25. The van der Waals surface area contributed by atoms with Crippen LogP contribution in [0, 0.1) is 0 Å². The lowest BCUT2D eigenvalue weighted by molar-refractivity contribution is -0.678. The van der Waals surface area contributed by atoms with Gasteiger partial charge in [-0.05, 0) is 0 Å². The van der Waals surface area contributed by atoms with Gasteiger partial charge in [0.05, 0.1) is 14.1 Å². The van der Waals surface area contributed by atoms with E-state index < -0.39 is 0 Å². The molecule has 0 aliphatic rings. The minimum Gasteiger partial charge on any atom is -1.00 e. The van der Waals surface area contributed by atoms with Gasteiger partial charge in [0, 0.05) is 6.42 Å². The Morgan fingerprint density at radius 2 is 2.20 bits per heavy atom. The van der Waals surface area contributed by atoms with Gasteiger partial charge in [0.2, 0.25) is 0 Å². The number of aromatic nitrogens is 2. The van der Waals surface area contributed by atoms with Crippen molar-refractivity contribution >= 4 is 0 Å². The topological polar surface area (TPSA) is 8.81 Å². The van der Waals surface area contributed by atoms with E-state index in [1.54, 1.807) is 0 Å². The Kier molecular flexibility index (Phi) is 3.06. The molecule has 2 nitrogen and oxygen atoms in total. The summed E-state index contributed by atoms with van der Waals surface area (Å²) in [6.45, 7) is 2.16. The fraction of sp³-hybridized carbons (Fsp3) is 0.571. The van der Waals surface area contributed by atoms with E-state index in [1.165, 1.54) is 5.82 Å². The molecule has 0 aliphatic heterocycles. The van der Waals surface area contributed by atoms with E-state index in [-0.39, 0.29) is 4.70 Å². The SMILES string of the molecule is CCc1n(C)cc[n+]1C.[F-]. The first-order chi connectivity index (χ1) is 4.25. The van der Waals surface area contributed by atoms with Crippen molar-refractivity contribution in [3.63, 3.8) is 0 Å². The van der Waals surface area contributed by atoms with Gasteiger partial charge in [-0.1, -0.05) is 6.92 Å². The highest BCUT2D eigenvalue weighted by Crippen LogP contribution is 1.89. The number of halogens is 1. The van der Waals surface area contributed by atoms with Gasteiger partial charge >= 0.3 is 0 Å². The zero-order valence-corrected chi connectivity index (χ0v) is 6.63. The Labute approximate surface area is 60.5 Å². The van der Waals surface area contributed by atoms with Crippen LogP contribution in [-0.2, 0) is 20.5 Å². The van der Waals surface area contributed by atoms with E-state index in [9.17, 15) is 0 Å². The molecule has 3 heteroatoms. The molecular formula is C7H13FN2. The van der Waals surface area contributed by atoms with Crippen molar-refractivity contribution < 1.29 is 9.27 Å². The van der Waals surface area contributed by atoms with Gasteiger partial charge in [-0.25, -0.2) is 9.13 Å². The number of nitrogens with zero attached hydrogens (tertiary/aromatic N) is 2. The second kappa shape index (κ2) is 3.34. The van der Waals surface area contributed by atoms with Crippen molar-refractivity contribution in [2.75, 3.05) is 0 Å². The summed E-state index contributed by atoms with van der Waals surface area (Å²) in [5, 5.41) is 0. The van der Waals surface area contributed by atoms with Gasteiger partial charge in [0.15, 0.2) is 0 Å². The fourth-order valence-electron chi connectivity index (χ4n) is 1.12. The van der Waals surface area contributed by atoms with Crippen LogP contribution in [0.1, 0.15) is 12.7 Å². The van der Waals surface area contributed by atoms with Gasteiger partial charge in [-0.2, -0.15) is 0 Å². The highest BCUT2D eigenvalue weighted by molar-refractivity contribution is 4.79. The van der Waals surface area contributed by atoms with Crippen LogP contribution >= 0.6 is 0 Å². The molecule has 0 bridgehead atoms. The van der Waals surface area contributed by atoms with Crippen molar-refractivity contribution in [1.82, 2.24) is 4.57 Å². The lowest BCUT2D eigenvalue weighted by atomic mass is 10.4. The Morgan fingerprint density at radius 3 is 2.40 bits per heavy atom. The molecule has 1 heterocycles. The molecule has 10 heavy (non-hydrogen) atoms. The van der Waals surface area contributed by atoms with Gasteiger partial charge in [0.25, 0.3) is 5.82 Å². The van der Waals surface area contributed by atoms with Crippen molar-refractivity contribution in [2.45, 2.75) is 13.3 Å². The maximum Gasteiger partial charge on any atom is 0.255 e. The molecule has 0 unspecified atom stereocenters. The quantitative estimate of drug-likeness (QED) is 0.383.